The predicted octanol–water partition coefficient (Wildman–Crippen LogP) is 2.13. The fraction of sp³-hybridized carbons (Fsp3) is 0.500. The van der Waals surface area contributed by atoms with Crippen LogP contribution in [0, 0.1) is 5.92 Å². The van der Waals surface area contributed by atoms with Crippen molar-refractivity contribution in [3.63, 3.8) is 0 Å². The first-order valence-electron chi connectivity index (χ1n) is 6.67. The quantitative estimate of drug-likeness (QED) is 0.800. The van der Waals surface area contributed by atoms with Gasteiger partial charge in [-0.05, 0) is 31.0 Å². The summed E-state index contributed by atoms with van der Waals surface area (Å²) >= 11 is 1.79. The number of rotatable bonds is 1. The number of benzene rings is 1. The molecule has 3 rings (SSSR count). The minimum atomic E-state index is 0.103. The largest absolute Gasteiger partial charge is 0.399 e. The Bertz CT molecular complexity index is 486. The first-order valence-corrected chi connectivity index (χ1v) is 7.66. The van der Waals surface area contributed by atoms with Crippen LogP contribution in [-0.2, 0) is 9.53 Å². The molecule has 1 fully saturated rings. The van der Waals surface area contributed by atoms with E-state index < -0.39 is 0 Å². The maximum atomic E-state index is 12.6. The molecule has 0 radical (unpaired) electrons. The van der Waals surface area contributed by atoms with Crippen molar-refractivity contribution >= 4 is 29.0 Å². The van der Waals surface area contributed by atoms with Gasteiger partial charge in [0, 0.05) is 42.0 Å². The normalized spacial score (nSPS) is 20.1. The first kappa shape index (κ1) is 12.8. The molecule has 1 amide bonds. The summed E-state index contributed by atoms with van der Waals surface area (Å²) in [7, 11) is 0. The molecule has 1 aromatic rings. The minimum Gasteiger partial charge on any atom is -0.399 e. The molecule has 0 spiro atoms. The van der Waals surface area contributed by atoms with E-state index in [9.17, 15) is 4.79 Å². The van der Waals surface area contributed by atoms with Gasteiger partial charge in [0.05, 0.1) is 5.69 Å². The van der Waals surface area contributed by atoms with E-state index in [1.807, 2.05) is 23.1 Å². The molecular weight excluding hydrogens is 260 g/mol. The Morgan fingerprint density at radius 2 is 2.16 bits per heavy atom. The van der Waals surface area contributed by atoms with Gasteiger partial charge in [-0.15, -0.1) is 11.8 Å². The van der Waals surface area contributed by atoms with E-state index in [0.717, 1.165) is 35.7 Å². The molecule has 0 aromatic heterocycles. The molecule has 0 aliphatic carbocycles. The van der Waals surface area contributed by atoms with Crippen molar-refractivity contribution in [2.24, 2.45) is 5.92 Å². The summed E-state index contributed by atoms with van der Waals surface area (Å²) in [6.45, 7) is 2.17. The molecule has 1 saturated heterocycles. The molecule has 2 heterocycles. The summed E-state index contributed by atoms with van der Waals surface area (Å²) in [4.78, 5) is 15.7. The van der Waals surface area contributed by atoms with Gasteiger partial charge < -0.3 is 15.4 Å². The molecule has 2 aliphatic heterocycles. The fourth-order valence-corrected chi connectivity index (χ4v) is 3.60. The fourth-order valence-electron chi connectivity index (χ4n) is 2.63. The Kier molecular flexibility index (Phi) is 3.66. The van der Waals surface area contributed by atoms with Gasteiger partial charge in [-0.2, -0.15) is 0 Å². The van der Waals surface area contributed by atoms with E-state index in [0.29, 0.717) is 18.9 Å². The molecule has 5 heteroatoms. The minimum absolute atomic E-state index is 0.103. The molecule has 1 aromatic carbocycles. The van der Waals surface area contributed by atoms with Crippen LogP contribution >= 0.6 is 11.8 Å². The Labute approximate surface area is 117 Å². The van der Waals surface area contributed by atoms with Crippen LogP contribution < -0.4 is 10.6 Å². The number of thioether (sulfide) groups is 1. The van der Waals surface area contributed by atoms with Gasteiger partial charge in [0.1, 0.15) is 0 Å². The highest BCUT2D eigenvalue weighted by Gasteiger charge is 2.30. The second-order valence-corrected chi connectivity index (χ2v) is 6.09. The van der Waals surface area contributed by atoms with Crippen LogP contribution in [-0.4, -0.2) is 31.4 Å². The highest BCUT2D eigenvalue weighted by Crippen LogP contribution is 2.37. The SMILES string of the molecule is Nc1ccc2c(c1)N(C(=O)C1CCOCC1)CCS2. The lowest BCUT2D eigenvalue weighted by Gasteiger charge is -2.33. The van der Waals surface area contributed by atoms with Crippen LogP contribution in [0.4, 0.5) is 11.4 Å². The van der Waals surface area contributed by atoms with Gasteiger partial charge >= 0.3 is 0 Å². The molecule has 2 N–H and O–H groups in total. The average molecular weight is 278 g/mol. The smallest absolute Gasteiger partial charge is 0.230 e. The molecular formula is C14H18N2O2S. The molecule has 102 valence electrons. The molecule has 0 unspecified atom stereocenters. The number of hydrogen-bond acceptors (Lipinski definition) is 4. The number of carbonyl (C=O) groups is 1. The number of carbonyl (C=O) groups excluding carboxylic acids is 1. The standard InChI is InChI=1S/C14H18N2O2S/c15-11-1-2-13-12(9-11)16(5-8-19-13)14(17)10-3-6-18-7-4-10/h1-2,9-10H,3-8,15H2. The molecule has 0 bridgehead atoms. The Hall–Kier alpha value is -1.20. The summed E-state index contributed by atoms with van der Waals surface area (Å²) in [6, 6.07) is 5.83. The molecule has 0 atom stereocenters. The highest BCUT2D eigenvalue weighted by molar-refractivity contribution is 7.99. The van der Waals surface area contributed by atoms with E-state index in [-0.39, 0.29) is 11.8 Å². The van der Waals surface area contributed by atoms with E-state index in [1.165, 1.54) is 0 Å². The van der Waals surface area contributed by atoms with E-state index in [4.69, 9.17) is 10.5 Å². The zero-order chi connectivity index (χ0) is 13.2. The lowest BCUT2D eigenvalue weighted by molar-refractivity contribution is -0.125. The second kappa shape index (κ2) is 5.43. The van der Waals surface area contributed by atoms with Crippen molar-refractivity contribution in [3.8, 4) is 0 Å². The van der Waals surface area contributed by atoms with Crippen LogP contribution in [0.25, 0.3) is 0 Å². The second-order valence-electron chi connectivity index (χ2n) is 4.95. The molecule has 4 nitrogen and oxygen atoms in total. The number of anilines is 2. The molecule has 2 aliphatic rings. The van der Waals surface area contributed by atoms with E-state index >= 15 is 0 Å². The van der Waals surface area contributed by atoms with E-state index in [1.54, 1.807) is 11.8 Å². The summed E-state index contributed by atoms with van der Waals surface area (Å²) in [5.74, 6) is 1.29. The number of hydrogen-bond donors (Lipinski definition) is 1. The van der Waals surface area contributed by atoms with E-state index in [2.05, 4.69) is 0 Å². The van der Waals surface area contributed by atoms with Crippen molar-refractivity contribution in [3.05, 3.63) is 18.2 Å². The van der Waals surface area contributed by atoms with Crippen LogP contribution in [0.15, 0.2) is 23.1 Å². The van der Waals surface area contributed by atoms with Crippen molar-refractivity contribution in [2.45, 2.75) is 17.7 Å². The van der Waals surface area contributed by atoms with Gasteiger partial charge in [-0.25, -0.2) is 0 Å². The van der Waals surface area contributed by atoms with Gasteiger partial charge in [-0.1, -0.05) is 0 Å². The number of nitrogens with two attached hydrogens (primary N) is 1. The average Bonchev–Trinajstić information content (AvgIpc) is 2.47. The maximum Gasteiger partial charge on any atom is 0.230 e. The lowest BCUT2D eigenvalue weighted by Crippen LogP contribution is -2.41. The Morgan fingerprint density at radius 3 is 2.95 bits per heavy atom. The highest BCUT2D eigenvalue weighted by atomic mass is 32.2. The number of nitrogen functional groups attached to an aromatic ring is 1. The number of amides is 1. The maximum absolute atomic E-state index is 12.6. The number of nitrogens with zero attached hydrogens (tertiary/aromatic N) is 1. The summed E-state index contributed by atoms with van der Waals surface area (Å²) < 4.78 is 5.33. The van der Waals surface area contributed by atoms with Crippen LogP contribution in [0.5, 0.6) is 0 Å². The molecule has 19 heavy (non-hydrogen) atoms. The zero-order valence-electron chi connectivity index (χ0n) is 10.8. The zero-order valence-corrected chi connectivity index (χ0v) is 11.6. The number of fused-ring (bicyclic) bond motifs is 1. The first-order chi connectivity index (χ1) is 9.25. The third kappa shape index (κ3) is 2.58. The van der Waals surface area contributed by atoms with Gasteiger partial charge in [0.2, 0.25) is 5.91 Å². The molecule has 0 saturated carbocycles. The van der Waals surface area contributed by atoms with Gasteiger partial charge in [-0.3, -0.25) is 4.79 Å². The van der Waals surface area contributed by atoms with Gasteiger partial charge in [0.25, 0.3) is 0 Å². The monoisotopic (exact) mass is 278 g/mol. The lowest BCUT2D eigenvalue weighted by atomic mass is 9.98. The van der Waals surface area contributed by atoms with Crippen molar-refractivity contribution < 1.29 is 9.53 Å². The summed E-state index contributed by atoms with van der Waals surface area (Å²) in [5, 5.41) is 0. The Balaban J connectivity index is 1.86. The number of ether oxygens (including phenoxy) is 1. The van der Waals surface area contributed by atoms with Crippen LogP contribution in [0.3, 0.4) is 0 Å². The summed E-state index contributed by atoms with van der Waals surface area (Å²) in [5.41, 5.74) is 7.55. The predicted molar refractivity (Wildman–Crippen MR) is 77.5 cm³/mol. The Morgan fingerprint density at radius 1 is 1.37 bits per heavy atom. The third-order valence-electron chi connectivity index (χ3n) is 3.68. The van der Waals surface area contributed by atoms with Crippen molar-refractivity contribution in [1.29, 1.82) is 0 Å². The van der Waals surface area contributed by atoms with Crippen LogP contribution in [0.1, 0.15) is 12.8 Å². The third-order valence-corrected chi connectivity index (χ3v) is 4.73. The summed E-state index contributed by atoms with van der Waals surface area (Å²) in [6.07, 6.45) is 1.67. The van der Waals surface area contributed by atoms with Gasteiger partial charge in [0.15, 0.2) is 0 Å². The van der Waals surface area contributed by atoms with Crippen molar-refractivity contribution in [2.75, 3.05) is 36.1 Å². The van der Waals surface area contributed by atoms with Crippen LogP contribution in [0.2, 0.25) is 0 Å². The van der Waals surface area contributed by atoms with Crippen molar-refractivity contribution in [1.82, 2.24) is 0 Å². The topological polar surface area (TPSA) is 55.6 Å².